The fraction of sp³-hybridized carbons (Fsp3) is 0.273. The molecule has 0 aliphatic rings. The van der Waals surface area contributed by atoms with E-state index in [9.17, 15) is 4.79 Å². The summed E-state index contributed by atoms with van der Waals surface area (Å²) in [5.41, 5.74) is 3.79. The van der Waals surface area contributed by atoms with Gasteiger partial charge in [0, 0.05) is 23.9 Å². The zero-order valence-electron chi connectivity index (χ0n) is 17.0. The molecule has 1 aromatic heterocycles. The Morgan fingerprint density at radius 3 is 2.62 bits per heavy atom. The van der Waals surface area contributed by atoms with Crippen molar-refractivity contribution in [3.63, 3.8) is 0 Å². The number of carbonyl (C=O) groups excluding carboxylic acids is 1. The van der Waals surface area contributed by atoms with Crippen LogP contribution in [0.2, 0.25) is 0 Å². The highest BCUT2D eigenvalue weighted by Crippen LogP contribution is 2.28. The lowest BCUT2D eigenvalue weighted by atomic mass is 10.1. The highest BCUT2D eigenvalue weighted by molar-refractivity contribution is 7.17. The SMILES string of the molecule is CCc1ccccc1Nc1nc(C)c(C(=O)NCc2ccc(OC)cc2OC)s1. The molecule has 0 saturated heterocycles. The quantitative estimate of drug-likeness (QED) is 0.562. The normalized spacial score (nSPS) is 10.5. The molecule has 0 atom stereocenters. The molecule has 0 aliphatic carbocycles. The molecule has 3 aromatic rings. The van der Waals surface area contributed by atoms with Crippen molar-refractivity contribution in [2.24, 2.45) is 0 Å². The summed E-state index contributed by atoms with van der Waals surface area (Å²) in [6.45, 7) is 4.31. The molecule has 0 fully saturated rings. The fourth-order valence-corrected chi connectivity index (χ4v) is 3.88. The number of hydrogen-bond acceptors (Lipinski definition) is 6. The lowest BCUT2D eigenvalue weighted by Crippen LogP contribution is -2.22. The van der Waals surface area contributed by atoms with Gasteiger partial charge in [-0.05, 0) is 37.1 Å². The van der Waals surface area contributed by atoms with E-state index in [0.29, 0.717) is 33.7 Å². The first kappa shape index (κ1) is 20.7. The van der Waals surface area contributed by atoms with Crippen molar-refractivity contribution in [2.45, 2.75) is 26.8 Å². The van der Waals surface area contributed by atoms with Gasteiger partial charge in [-0.1, -0.05) is 36.5 Å². The summed E-state index contributed by atoms with van der Waals surface area (Å²) in [6, 6.07) is 13.6. The lowest BCUT2D eigenvalue weighted by Gasteiger charge is -2.11. The largest absolute Gasteiger partial charge is 0.497 e. The molecular formula is C22H25N3O3S. The molecule has 0 aliphatic heterocycles. The summed E-state index contributed by atoms with van der Waals surface area (Å²) in [4.78, 5) is 17.8. The van der Waals surface area contributed by atoms with Crippen LogP contribution in [0.3, 0.4) is 0 Å². The average molecular weight is 412 g/mol. The van der Waals surface area contributed by atoms with Gasteiger partial charge in [0.1, 0.15) is 16.4 Å². The summed E-state index contributed by atoms with van der Waals surface area (Å²) in [7, 11) is 3.20. The van der Waals surface area contributed by atoms with Gasteiger partial charge in [-0.25, -0.2) is 4.98 Å². The van der Waals surface area contributed by atoms with Crippen LogP contribution >= 0.6 is 11.3 Å². The first-order valence-electron chi connectivity index (χ1n) is 9.37. The molecule has 2 N–H and O–H groups in total. The maximum atomic E-state index is 12.7. The van der Waals surface area contributed by atoms with Gasteiger partial charge in [0.15, 0.2) is 5.13 Å². The van der Waals surface area contributed by atoms with Gasteiger partial charge in [-0.2, -0.15) is 0 Å². The van der Waals surface area contributed by atoms with E-state index in [2.05, 4.69) is 28.6 Å². The number of nitrogens with one attached hydrogen (secondary N) is 2. The molecule has 152 valence electrons. The summed E-state index contributed by atoms with van der Waals surface area (Å²) in [5.74, 6) is 1.22. The Balaban J connectivity index is 1.71. The molecule has 2 aromatic carbocycles. The molecule has 29 heavy (non-hydrogen) atoms. The van der Waals surface area contributed by atoms with E-state index in [1.54, 1.807) is 20.3 Å². The van der Waals surface area contributed by atoms with E-state index in [-0.39, 0.29) is 5.91 Å². The number of aromatic nitrogens is 1. The molecule has 7 heteroatoms. The Hall–Kier alpha value is -3.06. The van der Waals surface area contributed by atoms with E-state index in [1.165, 1.54) is 16.9 Å². The fourth-order valence-electron chi connectivity index (χ4n) is 2.98. The predicted molar refractivity (Wildman–Crippen MR) is 117 cm³/mol. The summed E-state index contributed by atoms with van der Waals surface area (Å²) in [6.07, 6.45) is 0.921. The van der Waals surface area contributed by atoms with E-state index in [1.807, 2.05) is 37.3 Å². The number of benzene rings is 2. The van der Waals surface area contributed by atoms with Crippen molar-refractivity contribution in [1.29, 1.82) is 0 Å². The van der Waals surface area contributed by atoms with Crippen LogP contribution in [0.25, 0.3) is 0 Å². The molecule has 0 bridgehead atoms. The molecule has 6 nitrogen and oxygen atoms in total. The Labute approximate surface area is 174 Å². The predicted octanol–water partition coefficient (Wildman–Crippen LogP) is 4.70. The zero-order chi connectivity index (χ0) is 20.8. The van der Waals surface area contributed by atoms with Crippen LogP contribution < -0.4 is 20.1 Å². The number of nitrogens with zero attached hydrogens (tertiary/aromatic N) is 1. The molecule has 0 unspecified atom stereocenters. The molecule has 0 saturated carbocycles. The molecule has 3 rings (SSSR count). The minimum Gasteiger partial charge on any atom is -0.497 e. The van der Waals surface area contributed by atoms with Gasteiger partial charge >= 0.3 is 0 Å². The van der Waals surface area contributed by atoms with Crippen LogP contribution in [0.4, 0.5) is 10.8 Å². The van der Waals surface area contributed by atoms with Crippen molar-refractivity contribution >= 4 is 28.1 Å². The van der Waals surface area contributed by atoms with Gasteiger partial charge in [-0.15, -0.1) is 0 Å². The topological polar surface area (TPSA) is 72.5 Å². The summed E-state index contributed by atoms with van der Waals surface area (Å²) < 4.78 is 10.6. The minimum absolute atomic E-state index is 0.158. The lowest BCUT2D eigenvalue weighted by molar-refractivity contribution is 0.0954. The van der Waals surface area contributed by atoms with Crippen LogP contribution in [-0.4, -0.2) is 25.1 Å². The maximum Gasteiger partial charge on any atom is 0.263 e. The number of ether oxygens (including phenoxy) is 2. The van der Waals surface area contributed by atoms with Crippen LogP contribution in [0, 0.1) is 6.92 Å². The number of anilines is 2. The van der Waals surface area contributed by atoms with Crippen molar-refractivity contribution in [2.75, 3.05) is 19.5 Å². The second-order valence-corrected chi connectivity index (χ2v) is 7.43. The average Bonchev–Trinajstić information content (AvgIpc) is 3.12. The summed E-state index contributed by atoms with van der Waals surface area (Å²) >= 11 is 1.35. The Kier molecular flexibility index (Phi) is 6.72. The first-order valence-corrected chi connectivity index (χ1v) is 10.2. The third-order valence-electron chi connectivity index (χ3n) is 4.58. The van der Waals surface area contributed by atoms with Crippen molar-refractivity contribution in [3.8, 4) is 11.5 Å². The van der Waals surface area contributed by atoms with Crippen molar-refractivity contribution in [3.05, 3.63) is 64.2 Å². The Morgan fingerprint density at radius 2 is 1.90 bits per heavy atom. The number of thiazole rings is 1. The molecule has 0 spiro atoms. The smallest absolute Gasteiger partial charge is 0.263 e. The van der Waals surface area contributed by atoms with Gasteiger partial charge in [0.2, 0.25) is 0 Å². The van der Waals surface area contributed by atoms with Gasteiger partial charge in [-0.3, -0.25) is 4.79 Å². The Morgan fingerprint density at radius 1 is 1.10 bits per heavy atom. The third-order valence-corrected chi connectivity index (χ3v) is 5.65. The number of para-hydroxylation sites is 1. The zero-order valence-corrected chi connectivity index (χ0v) is 17.9. The number of carbonyl (C=O) groups is 1. The molecule has 0 radical (unpaired) electrons. The van der Waals surface area contributed by atoms with E-state index in [4.69, 9.17) is 9.47 Å². The van der Waals surface area contributed by atoms with E-state index >= 15 is 0 Å². The highest BCUT2D eigenvalue weighted by atomic mass is 32.1. The standard InChI is InChI=1S/C22H25N3O3S/c1-5-15-8-6-7-9-18(15)25-22-24-14(2)20(29-22)21(26)23-13-16-10-11-17(27-3)12-19(16)28-4/h6-12H,5,13H2,1-4H3,(H,23,26)(H,24,25). The number of rotatable bonds is 8. The second-order valence-electron chi connectivity index (χ2n) is 6.43. The van der Waals surface area contributed by atoms with Crippen LogP contribution in [0.15, 0.2) is 42.5 Å². The third kappa shape index (κ3) is 4.86. The van der Waals surface area contributed by atoms with Gasteiger partial charge in [0.25, 0.3) is 5.91 Å². The number of amides is 1. The second kappa shape index (κ2) is 9.43. The maximum absolute atomic E-state index is 12.7. The van der Waals surface area contributed by atoms with Crippen molar-refractivity contribution < 1.29 is 14.3 Å². The molecule has 1 heterocycles. The first-order chi connectivity index (χ1) is 14.0. The van der Waals surface area contributed by atoms with Crippen LogP contribution in [0.5, 0.6) is 11.5 Å². The number of hydrogen-bond donors (Lipinski definition) is 2. The van der Waals surface area contributed by atoms with Gasteiger partial charge < -0.3 is 20.1 Å². The highest BCUT2D eigenvalue weighted by Gasteiger charge is 2.16. The minimum atomic E-state index is -0.158. The van der Waals surface area contributed by atoms with Crippen LogP contribution in [0.1, 0.15) is 33.4 Å². The number of methoxy groups -OCH3 is 2. The molecular weight excluding hydrogens is 386 g/mol. The van der Waals surface area contributed by atoms with E-state index in [0.717, 1.165) is 17.7 Å². The van der Waals surface area contributed by atoms with E-state index < -0.39 is 0 Å². The van der Waals surface area contributed by atoms with Crippen molar-refractivity contribution in [1.82, 2.24) is 10.3 Å². The molecule has 1 amide bonds. The number of aryl methyl sites for hydroxylation is 2. The summed E-state index contributed by atoms with van der Waals surface area (Å²) in [5, 5.41) is 6.99. The Bertz CT molecular complexity index is 1000. The van der Waals surface area contributed by atoms with Crippen LogP contribution in [-0.2, 0) is 13.0 Å². The monoisotopic (exact) mass is 411 g/mol. The van der Waals surface area contributed by atoms with Gasteiger partial charge in [0.05, 0.1) is 19.9 Å².